The smallest absolute Gasteiger partial charge is 0.238 e. The van der Waals surface area contributed by atoms with E-state index in [0.29, 0.717) is 21.0 Å². The van der Waals surface area contributed by atoms with Gasteiger partial charge >= 0.3 is 0 Å². The average Bonchev–Trinajstić information content (AvgIpc) is 2.09. The molecular weight excluding hydrogens is 352 g/mol. The fourth-order valence-corrected chi connectivity index (χ4v) is 3.19. The predicted octanol–water partition coefficient (Wildman–Crippen LogP) is 1.43. The van der Waals surface area contributed by atoms with Crippen LogP contribution < -0.4 is 10.5 Å². The third-order valence-corrected chi connectivity index (χ3v) is 3.69. The van der Waals surface area contributed by atoms with Gasteiger partial charge in [-0.15, -0.1) is 0 Å². The summed E-state index contributed by atoms with van der Waals surface area (Å²) in [6, 6.07) is 2.62. The van der Waals surface area contributed by atoms with Gasteiger partial charge in [-0.05, 0) is 44.0 Å². The third kappa shape index (κ3) is 3.00. The number of amides is 1. The summed E-state index contributed by atoms with van der Waals surface area (Å²) < 4.78 is 23.0. The molecule has 1 amide bonds. The van der Waals surface area contributed by atoms with E-state index in [1.165, 1.54) is 12.1 Å². The van der Waals surface area contributed by atoms with E-state index >= 15 is 0 Å². The van der Waals surface area contributed by atoms with Crippen molar-refractivity contribution in [3.8, 4) is 0 Å². The van der Waals surface area contributed by atoms with E-state index in [2.05, 4.69) is 37.2 Å². The highest BCUT2D eigenvalue weighted by molar-refractivity contribution is 9.11. The molecule has 1 aromatic carbocycles. The van der Waals surface area contributed by atoms with Gasteiger partial charge in [-0.25, -0.2) is 13.6 Å². The van der Waals surface area contributed by atoms with Gasteiger partial charge in [0.25, 0.3) is 0 Å². The Kier molecular flexibility index (Phi) is 3.87. The summed E-state index contributed by atoms with van der Waals surface area (Å²) in [5.41, 5.74) is 0.442. The molecule has 1 rings (SSSR count). The van der Waals surface area contributed by atoms with E-state index < -0.39 is 10.0 Å². The van der Waals surface area contributed by atoms with Gasteiger partial charge in [0.2, 0.25) is 16.4 Å². The van der Waals surface area contributed by atoms with Crippen molar-refractivity contribution in [2.24, 2.45) is 5.14 Å². The Balaban J connectivity index is 3.38. The standard InChI is InChI=1S/C7H6Br2N2O3S/c8-5-1-4(15(10,13)14)2-6(9)7(5)11-3-12/h1-3H,(H,11,12)(H2,10,13,14). The molecule has 8 heteroatoms. The van der Waals surface area contributed by atoms with E-state index in [9.17, 15) is 13.2 Å². The molecule has 5 nitrogen and oxygen atoms in total. The molecule has 0 aliphatic heterocycles. The van der Waals surface area contributed by atoms with Crippen molar-refractivity contribution in [3.63, 3.8) is 0 Å². The fourth-order valence-electron chi connectivity index (χ4n) is 0.911. The lowest BCUT2D eigenvalue weighted by atomic mass is 10.3. The minimum Gasteiger partial charge on any atom is -0.327 e. The Bertz CT molecular complexity index is 478. The van der Waals surface area contributed by atoms with Crippen LogP contribution >= 0.6 is 31.9 Å². The Morgan fingerprint density at radius 2 is 1.73 bits per heavy atom. The SMILES string of the molecule is NS(=O)(=O)c1cc(Br)c(NC=O)c(Br)c1. The van der Waals surface area contributed by atoms with Crippen molar-refractivity contribution < 1.29 is 13.2 Å². The van der Waals surface area contributed by atoms with E-state index in [4.69, 9.17) is 5.14 Å². The molecule has 0 bridgehead atoms. The van der Waals surface area contributed by atoms with Gasteiger partial charge in [-0.3, -0.25) is 4.79 Å². The van der Waals surface area contributed by atoms with Gasteiger partial charge in [0, 0.05) is 8.95 Å². The number of nitrogens with one attached hydrogen (secondary N) is 1. The molecule has 0 aromatic heterocycles. The summed E-state index contributed by atoms with van der Waals surface area (Å²) >= 11 is 6.24. The quantitative estimate of drug-likeness (QED) is 0.802. The van der Waals surface area contributed by atoms with Crippen molar-refractivity contribution in [1.29, 1.82) is 0 Å². The highest BCUT2D eigenvalue weighted by Gasteiger charge is 2.13. The Labute approximate surface area is 103 Å². The van der Waals surface area contributed by atoms with Gasteiger partial charge in [0.15, 0.2) is 0 Å². The molecule has 0 heterocycles. The summed E-state index contributed by atoms with van der Waals surface area (Å²) in [6.07, 6.45) is 0.488. The molecule has 0 saturated heterocycles. The predicted molar refractivity (Wildman–Crippen MR) is 62.9 cm³/mol. The molecule has 0 fully saturated rings. The summed E-state index contributed by atoms with van der Waals surface area (Å²) in [7, 11) is -3.76. The first-order valence-corrected chi connectivity index (χ1v) is 6.71. The minimum atomic E-state index is -3.76. The van der Waals surface area contributed by atoms with Crippen molar-refractivity contribution in [1.82, 2.24) is 0 Å². The summed E-state index contributed by atoms with van der Waals surface area (Å²) in [5, 5.41) is 7.37. The van der Waals surface area contributed by atoms with Crippen molar-refractivity contribution >= 4 is 54.0 Å². The van der Waals surface area contributed by atoms with Crippen LogP contribution in [0.3, 0.4) is 0 Å². The highest BCUT2D eigenvalue weighted by Crippen LogP contribution is 2.33. The summed E-state index contributed by atoms with van der Waals surface area (Å²) in [5.74, 6) is 0. The first-order chi connectivity index (χ1) is 6.86. The van der Waals surface area contributed by atoms with Gasteiger partial charge in [-0.1, -0.05) is 0 Å². The number of hydrogen-bond acceptors (Lipinski definition) is 3. The van der Waals surface area contributed by atoms with Crippen LogP contribution in [-0.2, 0) is 14.8 Å². The average molecular weight is 358 g/mol. The van der Waals surface area contributed by atoms with Gasteiger partial charge in [0.05, 0.1) is 10.6 Å². The van der Waals surface area contributed by atoms with Crippen molar-refractivity contribution in [3.05, 3.63) is 21.1 Å². The first-order valence-electron chi connectivity index (χ1n) is 3.58. The van der Waals surface area contributed by atoms with Crippen LogP contribution in [0.5, 0.6) is 0 Å². The molecule has 82 valence electrons. The Morgan fingerprint density at radius 1 is 1.27 bits per heavy atom. The third-order valence-electron chi connectivity index (χ3n) is 1.55. The summed E-state index contributed by atoms with van der Waals surface area (Å²) in [4.78, 5) is 10.2. The Hall–Kier alpha value is -0.440. The van der Waals surface area contributed by atoms with Gasteiger partial charge in [-0.2, -0.15) is 0 Å². The van der Waals surface area contributed by atoms with Crippen LogP contribution in [0.15, 0.2) is 26.0 Å². The molecule has 0 saturated carbocycles. The second kappa shape index (κ2) is 4.60. The maximum atomic E-state index is 11.1. The number of rotatable bonds is 3. The molecule has 0 spiro atoms. The molecule has 0 aliphatic carbocycles. The molecular formula is C7H6Br2N2O3S. The maximum absolute atomic E-state index is 11.1. The minimum absolute atomic E-state index is 0.0438. The van der Waals surface area contributed by atoms with E-state index in [-0.39, 0.29) is 4.90 Å². The van der Waals surface area contributed by atoms with Crippen LogP contribution in [-0.4, -0.2) is 14.8 Å². The second-order valence-corrected chi connectivity index (χ2v) is 5.84. The summed E-state index contributed by atoms with van der Waals surface area (Å²) in [6.45, 7) is 0. The molecule has 0 atom stereocenters. The lowest BCUT2D eigenvalue weighted by Gasteiger charge is -2.07. The maximum Gasteiger partial charge on any atom is 0.238 e. The van der Waals surface area contributed by atoms with Crippen LogP contribution in [0.4, 0.5) is 5.69 Å². The van der Waals surface area contributed by atoms with Gasteiger partial charge < -0.3 is 5.32 Å². The molecule has 0 aliphatic rings. The van der Waals surface area contributed by atoms with Crippen LogP contribution in [0.25, 0.3) is 0 Å². The monoisotopic (exact) mass is 356 g/mol. The number of nitrogens with two attached hydrogens (primary N) is 1. The van der Waals surface area contributed by atoms with Crippen molar-refractivity contribution in [2.45, 2.75) is 4.90 Å². The van der Waals surface area contributed by atoms with E-state index in [0.717, 1.165) is 0 Å². The number of carbonyl (C=O) groups is 1. The number of primary sulfonamides is 1. The molecule has 3 N–H and O–H groups in total. The number of carbonyl (C=O) groups excluding carboxylic acids is 1. The molecule has 1 aromatic rings. The second-order valence-electron chi connectivity index (χ2n) is 2.57. The van der Waals surface area contributed by atoms with Crippen LogP contribution in [0, 0.1) is 0 Å². The number of hydrogen-bond donors (Lipinski definition) is 2. The highest BCUT2D eigenvalue weighted by atomic mass is 79.9. The topological polar surface area (TPSA) is 89.3 Å². The molecule has 0 radical (unpaired) electrons. The number of anilines is 1. The van der Waals surface area contributed by atoms with Crippen LogP contribution in [0.2, 0.25) is 0 Å². The lowest BCUT2D eigenvalue weighted by Crippen LogP contribution is -2.12. The zero-order valence-electron chi connectivity index (χ0n) is 7.20. The Morgan fingerprint density at radius 3 is 2.07 bits per heavy atom. The normalized spacial score (nSPS) is 11.1. The van der Waals surface area contributed by atoms with Crippen molar-refractivity contribution in [2.75, 3.05) is 5.32 Å². The first kappa shape index (κ1) is 12.6. The lowest BCUT2D eigenvalue weighted by molar-refractivity contribution is -0.105. The zero-order valence-corrected chi connectivity index (χ0v) is 11.2. The van der Waals surface area contributed by atoms with E-state index in [1.54, 1.807) is 0 Å². The molecule has 0 unspecified atom stereocenters. The fraction of sp³-hybridized carbons (Fsp3) is 0. The number of halogens is 2. The number of sulfonamides is 1. The largest absolute Gasteiger partial charge is 0.327 e. The van der Waals surface area contributed by atoms with Crippen LogP contribution in [0.1, 0.15) is 0 Å². The van der Waals surface area contributed by atoms with E-state index in [1.807, 2.05) is 0 Å². The molecule has 15 heavy (non-hydrogen) atoms. The van der Waals surface area contributed by atoms with Gasteiger partial charge in [0.1, 0.15) is 0 Å². The zero-order chi connectivity index (χ0) is 11.6. The number of benzene rings is 1.